The lowest BCUT2D eigenvalue weighted by atomic mass is 10.0. The van der Waals surface area contributed by atoms with E-state index in [9.17, 15) is 0 Å². The van der Waals surface area contributed by atoms with Crippen LogP contribution in [-0.4, -0.2) is 14.1 Å². The van der Waals surface area contributed by atoms with E-state index in [1.807, 2.05) is 18.5 Å². The van der Waals surface area contributed by atoms with Crippen LogP contribution in [0.3, 0.4) is 0 Å². The maximum Gasteiger partial charge on any atom is 0.0547 e. The molecule has 0 radical (unpaired) electrons. The summed E-state index contributed by atoms with van der Waals surface area (Å²) in [5.74, 6) is 0. The quantitative estimate of drug-likeness (QED) is 0.245. The fraction of sp³-hybridized carbons (Fsp3) is 0. The fourth-order valence-electron chi connectivity index (χ4n) is 5.78. The average molecular weight is 486 g/mol. The molecule has 0 N–H and O–H groups in total. The molecular weight excluding hydrogens is 462 g/mol. The number of benzene rings is 5. The number of pyridine rings is 1. The van der Waals surface area contributed by atoms with Gasteiger partial charge >= 0.3 is 0 Å². The molecule has 0 saturated carbocycles. The van der Waals surface area contributed by atoms with Crippen molar-refractivity contribution in [3.63, 3.8) is 0 Å². The van der Waals surface area contributed by atoms with Crippen LogP contribution in [0.2, 0.25) is 0 Å². The monoisotopic (exact) mass is 485 g/mol. The summed E-state index contributed by atoms with van der Waals surface area (Å²) in [6, 6.07) is 43.7. The van der Waals surface area contributed by atoms with Gasteiger partial charge in [0, 0.05) is 46.1 Å². The van der Waals surface area contributed by atoms with Crippen molar-refractivity contribution in [3.05, 3.63) is 140 Å². The number of hydrogen-bond donors (Lipinski definition) is 0. The van der Waals surface area contributed by atoms with E-state index in [0.29, 0.717) is 0 Å². The number of fused-ring (bicyclic) bond motifs is 5. The summed E-state index contributed by atoms with van der Waals surface area (Å²) in [6.45, 7) is 0. The molecular formula is C35H23N3. The number of rotatable bonds is 3. The molecule has 0 unspecified atom stereocenters. The summed E-state index contributed by atoms with van der Waals surface area (Å²) in [7, 11) is 0. The van der Waals surface area contributed by atoms with Crippen LogP contribution >= 0.6 is 0 Å². The van der Waals surface area contributed by atoms with Gasteiger partial charge in [-0.1, -0.05) is 54.6 Å². The Hall–Kier alpha value is -5.15. The van der Waals surface area contributed by atoms with Crippen LogP contribution in [0.1, 0.15) is 0 Å². The van der Waals surface area contributed by atoms with Gasteiger partial charge in [-0.05, 0) is 88.6 Å². The van der Waals surface area contributed by atoms with Crippen LogP contribution in [0.4, 0.5) is 0 Å². The first-order valence-electron chi connectivity index (χ1n) is 12.9. The van der Waals surface area contributed by atoms with Crippen molar-refractivity contribution >= 4 is 43.5 Å². The molecule has 0 aliphatic heterocycles. The third kappa shape index (κ3) is 3.19. The largest absolute Gasteiger partial charge is 0.317 e. The first kappa shape index (κ1) is 21.0. The summed E-state index contributed by atoms with van der Waals surface area (Å²) < 4.78 is 4.66. The Morgan fingerprint density at radius 2 is 1.26 bits per heavy atom. The molecule has 0 atom stereocenters. The van der Waals surface area contributed by atoms with Crippen molar-refractivity contribution in [2.45, 2.75) is 0 Å². The highest BCUT2D eigenvalue weighted by Crippen LogP contribution is 2.36. The second-order valence-corrected chi connectivity index (χ2v) is 9.79. The van der Waals surface area contributed by atoms with Gasteiger partial charge in [0.05, 0.1) is 16.6 Å². The van der Waals surface area contributed by atoms with E-state index in [1.54, 1.807) is 0 Å². The van der Waals surface area contributed by atoms with Gasteiger partial charge in [-0.15, -0.1) is 0 Å². The lowest BCUT2D eigenvalue weighted by molar-refractivity contribution is 1.13. The van der Waals surface area contributed by atoms with Crippen LogP contribution in [-0.2, 0) is 0 Å². The van der Waals surface area contributed by atoms with E-state index in [-0.39, 0.29) is 0 Å². The summed E-state index contributed by atoms with van der Waals surface area (Å²) in [6.07, 6.45) is 5.89. The molecule has 3 nitrogen and oxygen atoms in total. The standard InChI is InChI=1S/C35H23N3/c1-2-8-29(9-3-1)37-18-16-25-19-27-20-32-31-10-4-5-11-33(31)38(35(32)22-28(27)21-34(25)37)30-14-12-24(13-15-30)26-7-6-17-36-23-26/h1-23H. The van der Waals surface area contributed by atoms with E-state index in [4.69, 9.17) is 0 Å². The van der Waals surface area contributed by atoms with Crippen molar-refractivity contribution in [1.29, 1.82) is 0 Å². The van der Waals surface area contributed by atoms with Crippen LogP contribution in [0.15, 0.2) is 140 Å². The normalized spacial score (nSPS) is 11.7. The number of aromatic nitrogens is 3. The smallest absolute Gasteiger partial charge is 0.0547 e. The zero-order chi connectivity index (χ0) is 25.1. The van der Waals surface area contributed by atoms with Crippen LogP contribution < -0.4 is 0 Å². The zero-order valence-electron chi connectivity index (χ0n) is 20.6. The highest BCUT2D eigenvalue weighted by atomic mass is 15.0. The molecule has 38 heavy (non-hydrogen) atoms. The highest BCUT2D eigenvalue weighted by molar-refractivity contribution is 6.15. The second kappa shape index (κ2) is 8.19. The van der Waals surface area contributed by atoms with Crippen molar-refractivity contribution in [3.8, 4) is 22.5 Å². The number of para-hydroxylation sites is 2. The highest BCUT2D eigenvalue weighted by Gasteiger charge is 2.14. The van der Waals surface area contributed by atoms with Gasteiger partial charge in [0.15, 0.2) is 0 Å². The second-order valence-electron chi connectivity index (χ2n) is 9.79. The minimum atomic E-state index is 1.12. The van der Waals surface area contributed by atoms with Gasteiger partial charge in [-0.3, -0.25) is 4.98 Å². The Morgan fingerprint density at radius 1 is 0.474 bits per heavy atom. The number of hydrogen-bond acceptors (Lipinski definition) is 1. The third-order valence-corrected chi connectivity index (χ3v) is 7.59. The molecule has 8 aromatic rings. The maximum absolute atomic E-state index is 4.28. The Kier molecular flexibility index (Phi) is 4.52. The molecule has 0 aliphatic rings. The predicted octanol–water partition coefficient (Wildman–Crippen LogP) is 8.94. The minimum absolute atomic E-state index is 1.12. The van der Waals surface area contributed by atoms with Gasteiger partial charge in [0.2, 0.25) is 0 Å². The minimum Gasteiger partial charge on any atom is -0.317 e. The van der Waals surface area contributed by atoms with Gasteiger partial charge in [0.1, 0.15) is 0 Å². The average Bonchev–Trinajstić information content (AvgIpc) is 3.54. The predicted molar refractivity (Wildman–Crippen MR) is 158 cm³/mol. The molecule has 3 heteroatoms. The fourth-order valence-corrected chi connectivity index (χ4v) is 5.78. The van der Waals surface area contributed by atoms with Crippen molar-refractivity contribution < 1.29 is 0 Å². The van der Waals surface area contributed by atoms with Crippen molar-refractivity contribution in [2.24, 2.45) is 0 Å². The van der Waals surface area contributed by atoms with E-state index >= 15 is 0 Å². The molecule has 0 fully saturated rings. The van der Waals surface area contributed by atoms with Gasteiger partial charge < -0.3 is 9.13 Å². The molecule has 0 spiro atoms. The molecule has 178 valence electrons. The first-order valence-corrected chi connectivity index (χ1v) is 12.9. The first-order chi connectivity index (χ1) is 18.8. The van der Waals surface area contributed by atoms with Crippen LogP contribution in [0.5, 0.6) is 0 Å². The molecule has 8 rings (SSSR count). The molecule has 0 aliphatic carbocycles. The van der Waals surface area contributed by atoms with Crippen LogP contribution in [0.25, 0.3) is 66.0 Å². The maximum atomic E-state index is 4.28. The summed E-state index contributed by atoms with van der Waals surface area (Å²) in [5.41, 5.74) is 8.25. The van der Waals surface area contributed by atoms with Gasteiger partial charge in [0.25, 0.3) is 0 Å². The lowest BCUT2D eigenvalue weighted by Gasteiger charge is -2.10. The molecule has 0 amide bonds. The van der Waals surface area contributed by atoms with E-state index in [1.165, 1.54) is 49.2 Å². The Balaban J connectivity index is 1.37. The summed E-state index contributed by atoms with van der Waals surface area (Å²) in [5, 5.41) is 6.27. The van der Waals surface area contributed by atoms with Crippen molar-refractivity contribution in [2.75, 3.05) is 0 Å². The Labute approximate surface area is 219 Å². The topological polar surface area (TPSA) is 22.8 Å². The Morgan fingerprint density at radius 3 is 2.11 bits per heavy atom. The Bertz CT molecular complexity index is 2100. The van der Waals surface area contributed by atoms with E-state index < -0.39 is 0 Å². The molecule has 3 aromatic heterocycles. The van der Waals surface area contributed by atoms with Crippen molar-refractivity contribution in [1.82, 2.24) is 14.1 Å². The van der Waals surface area contributed by atoms with Crippen LogP contribution in [0, 0.1) is 0 Å². The molecule has 0 bridgehead atoms. The zero-order valence-corrected chi connectivity index (χ0v) is 20.6. The van der Waals surface area contributed by atoms with Gasteiger partial charge in [-0.2, -0.15) is 0 Å². The van der Waals surface area contributed by atoms with Gasteiger partial charge in [-0.25, -0.2) is 0 Å². The van der Waals surface area contributed by atoms with E-state index in [2.05, 4.69) is 136 Å². The molecule has 5 aromatic carbocycles. The van der Waals surface area contributed by atoms with E-state index in [0.717, 1.165) is 16.8 Å². The summed E-state index contributed by atoms with van der Waals surface area (Å²) in [4.78, 5) is 4.28. The third-order valence-electron chi connectivity index (χ3n) is 7.59. The molecule has 3 heterocycles. The number of nitrogens with zero attached hydrogens (tertiary/aromatic N) is 3. The molecule has 0 saturated heterocycles. The summed E-state index contributed by atoms with van der Waals surface area (Å²) >= 11 is 0. The lowest BCUT2D eigenvalue weighted by Crippen LogP contribution is -1.94. The SMILES string of the molecule is c1ccc(-n2ccc3cc4cc5c6ccccc6n(-c6ccc(-c7cccnc7)cc6)c5cc4cc32)cc1.